The van der Waals surface area contributed by atoms with Gasteiger partial charge in [-0.15, -0.1) is 10.2 Å². The molecule has 0 bridgehead atoms. The Morgan fingerprint density at radius 2 is 1.79 bits per heavy atom. The lowest BCUT2D eigenvalue weighted by Gasteiger charge is -2.19. The lowest BCUT2D eigenvalue weighted by molar-refractivity contribution is 0.171. The topological polar surface area (TPSA) is 56.3 Å². The zero-order chi connectivity index (χ0) is 13.2. The Morgan fingerprint density at radius 1 is 1.00 bits per heavy atom. The molecular weight excluding hydrogens is 289 g/mol. The Hall–Kier alpha value is -1.72. The summed E-state index contributed by atoms with van der Waals surface area (Å²) in [6.07, 6.45) is 0. The van der Waals surface area contributed by atoms with Crippen LogP contribution in [0.25, 0.3) is 0 Å². The minimum atomic E-state index is 0.249. The van der Waals surface area contributed by atoms with E-state index in [1.165, 1.54) is 0 Å². The molecule has 0 radical (unpaired) electrons. The fourth-order valence-corrected chi connectivity index (χ4v) is 2.00. The molecule has 0 fully saturated rings. The van der Waals surface area contributed by atoms with Crippen LogP contribution in [-0.2, 0) is 0 Å². The van der Waals surface area contributed by atoms with Gasteiger partial charge in [0.05, 0.1) is 5.69 Å². The summed E-state index contributed by atoms with van der Waals surface area (Å²) >= 11 is 11.7. The van der Waals surface area contributed by atoms with E-state index in [-0.39, 0.29) is 10.3 Å². The number of nitrogens with one attached hydrogen (secondary N) is 1. The largest absolute Gasteiger partial charge is 0.486 e. The first-order valence-electron chi connectivity index (χ1n) is 5.58. The second kappa shape index (κ2) is 5.11. The molecule has 0 spiro atoms. The average Bonchev–Trinajstić information content (AvgIpc) is 2.43. The predicted molar refractivity (Wildman–Crippen MR) is 72.8 cm³/mol. The van der Waals surface area contributed by atoms with E-state index in [1.54, 1.807) is 6.07 Å². The molecule has 1 aliphatic rings. The summed E-state index contributed by atoms with van der Waals surface area (Å²) < 4.78 is 11.0. The van der Waals surface area contributed by atoms with Crippen LogP contribution in [0.1, 0.15) is 0 Å². The molecule has 0 amide bonds. The average molecular weight is 298 g/mol. The normalized spacial score (nSPS) is 13.2. The van der Waals surface area contributed by atoms with Gasteiger partial charge in [-0.25, -0.2) is 0 Å². The zero-order valence-electron chi connectivity index (χ0n) is 9.69. The van der Waals surface area contributed by atoms with E-state index in [0.717, 1.165) is 11.4 Å². The van der Waals surface area contributed by atoms with Crippen molar-refractivity contribution in [3.63, 3.8) is 0 Å². The third-order valence-electron chi connectivity index (χ3n) is 2.54. The molecule has 0 unspecified atom stereocenters. The van der Waals surface area contributed by atoms with E-state index in [9.17, 15) is 0 Å². The summed E-state index contributed by atoms with van der Waals surface area (Å²) in [6.45, 7) is 1.11. The zero-order valence-corrected chi connectivity index (χ0v) is 11.2. The lowest BCUT2D eigenvalue weighted by Crippen LogP contribution is -2.15. The first-order valence-corrected chi connectivity index (χ1v) is 6.33. The SMILES string of the molecule is Clc1cc(Nc2ccc3c(c2)OCCO3)c(Cl)nn1. The van der Waals surface area contributed by atoms with Crippen LogP contribution in [0.2, 0.25) is 10.3 Å². The van der Waals surface area contributed by atoms with Gasteiger partial charge in [-0.3, -0.25) is 0 Å². The van der Waals surface area contributed by atoms with E-state index < -0.39 is 0 Å². The van der Waals surface area contributed by atoms with Gasteiger partial charge in [0, 0.05) is 17.8 Å². The molecular formula is C12H9Cl2N3O2. The highest BCUT2D eigenvalue weighted by molar-refractivity contribution is 6.33. The highest BCUT2D eigenvalue weighted by Crippen LogP contribution is 2.34. The number of anilines is 2. The Labute approximate surface area is 119 Å². The Bertz CT molecular complexity index is 622. The number of benzene rings is 1. The molecule has 1 aromatic heterocycles. The number of hydrogen-bond acceptors (Lipinski definition) is 5. The molecule has 0 atom stereocenters. The van der Waals surface area contributed by atoms with Crippen LogP contribution < -0.4 is 14.8 Å². The summed E-state index contributed by atoms with van der Waals surface area (Å²) in [5, 5.41) is 11.0. The molecule has 2 aromatic rings. The minimum absolute atomic E-state index is 0.249. The monoisotopic (exact) mass is 297 g/mol. The minimum Gasteiger partial charge on any atom is -0.486 e. The van der Waals surface area contributed by atoms with Crippen molar-refractivity contribution in [3.05, 3.63) is 34.6 Å². The molecule has 0 saturated heterocycles. The van der Waals surface area contributed by atoms with Crippen molar-refractivity contribution in [1.29, 1.82) is 0 Å². The summed E-state index contributed by atoms with van der Waals surface area (Å²) in [7, 11) is 0. The number of halogens is 2. The first kappa shape index (κ1) is 12.3. The maximum Gasteiger partial charge on any atom is 0.175 e. The molecule has 0 saturated carbocycles. The molecule has 98 valence electrons. The summed E-state index contributed by atoms with van der Waals surface area (Å²) in [4.78, 5) is 0. The second-order valence-electron chi connectivity index (χ2n) is 3.85. The smallest absolute Gasteiger partial charge is 0.175 e. The quantitative estimate of drug-likeness (QED) is 0.922. The van der Waals surface area contributed by atoms with Crippen LogP contribution in [0.4, 0.5) is 11.4 Å². The van der Waals surface area contributed by atoms with Crippen LogP contribution in [0, 0.1) is 0 Å². The van der Waals surface area contributed by atoms with Gasteiger partial charge in [0.1, 0.15) is 13.2 Å². The van der Waals surface area contributed by atoms with Crippen molar-refractivity contribution in [2.24, 2.45) is 0 Å². The molecule has 0 aliphatic carbocycles. The van der Waals surface area contributed by atoms with Crippen molar-refractivity contribution in [2.75, 3.05) is 18.5 Å². The van der Waals surface area contributed by atoms with Crippen molar-refractivity contribution in [1.82, 2.24) is 10.2 Å². The lowest BCUT2D eigenvalue weighted by atomic mass is 10.2. The summed E-state index contributed by atoms with van der Waals surface area (Å²) in [5.74, 6) is 1.43. The molecule has 1 aliphatic heterocycles. The molecule has 19 heavy (non-hydrogen) atoms. The highest BCUT2D eigenvalue weighted by atomic mass is 35.5. The van der Waals surface area contributed by atoms with Crippen LogP contribution >= 0.6 is 23.2 Å². The standard InChI is InChI=1S/C12H9Cl2N3O2/c13-11-6-8(12(14)17-16-11)15-7-1-2-9-10(5-7)19-4-3-18-9/h1-2,5-6H,3-4H2,(H,15,16). The number of fused-ring (bicyclic) bond motifs is 1. The van der Waals surface area contributed by atoms with Gasteiger partial charge < -0.3 is 14.8 Å². The van der Waals surface area contributed by atoms with E-state index in [0.29, 0.717) is 24.7 Å². The van der Waals surface area contributed by atoms with Gasteiger partial charge in [-0.1, -0.05) is 23.2 Å². The maximum absolute atomic E-state index is 5.94. The number of ether oxygens (including phenoxy) is 2. The van der Waals surface area contributed by atoms with Gasteiger partial charge in [-0.2, -0.15) is 0 Å². The number of nitrogens with zero attached hydrogens (tertiary/aromatic N) is 2. The number of hydrogen-bond donors (Lipinski definition) is 1. The number of aromatic nitrogens is 2. The Kier molecular flexibility index (Phi) is 3.31. The van der Waals surface area contributed by atoms with Gasteiger partial charge in [0.25, 0.3) is 0 Å². The highest BCUT2D eigenvalue weighted by Gasteiger charge is 2.12. The van der Waals surface area contributed by atoms with Gasteiger partial charge >= 0.3 is 0 Å². The Morgan fingerprint density at radius 3 is 2.63 bits per heavy atom. The van der Waals surface area contributed by atoms with Gasteiger partial charge in [-0.05, 0) is 12.1 Å². The van der Waals surface area contributed by atoms with E-state index >= 15 is 0 Å². The predicted octanol–water partition coefficient (Wildman–Crippen LogP) is 3.30. The van der Waals surface area contributed by atoms with Crippen molar-refractivity contribution in [3.8, 4) is 11.5 Å². The van der Waals surface area contributed by atoms with E-state index in [1.807, 2.05) is 18.2 Å². The molecule has 1 N–H and O–H groups in total. The molecule has 3 rings (SSSR count). The Balaban J connectivity index is 1.89. The third kappa shape index (κ3) is 2.67. The fourth-order valence-electron chi connectivity index (χ4n) is 1.72. The van der Waals surface area contributed by atoms with Crippen molar-refractivity contribution < 1.29 is 9.47 Å². The summed E-state index contributed by atoms with van der Waals surface area (Å²) in [5.41, 5.74) is 1.38. The van der Waals surface area contributed by atoms with Crippen LogP contribution in [0.5, 0.6) is 11.5 Å². The van der Waals surface area contributed by atoms with Crippen LogP contribution in [0.3, 0.4) is 0 Å². The van der Waals surface area contributed by atoms with Crippen LogP contribution in [0.15, 0.2) is 24.3 Å². The van der Waals surface area contributed by atoms with Crippen molar-refractivity contribution >= 4 is 34.6 Å². The molecule has 5 nitrogen and oxygen atoms in total. The molecule has 1 aromatic carbocycles. The second-order valence-corrected chi connectivity index (χ2v) is 4.60. The molecule has 2 heterocycles. The van der Waals surface area contributed by atoms with E-state index in [2.05, 4.69) is 15.5 Å². The molecule has 7 heteroatoms. The van der Waals surface area contributed by atoms with E-state index in [4.69, 9.17) is 32.7 Å². The third-order valence-corrected chi connectivity index (χ3v) is 3.00. The number of rotatable bonds is 2. The maximum atomic E-state index is 5.94. The fraction of sp³-hybridized carbons (Fsp3) is 0.167. The van der Waals surface area contributed by atoms with Gasteiger partial charge in [0.15, 0.2) is 21.8 Å². The van der Waals surface area contributed by atoms with Crippen molar-refractivity contribution in [2.45, 2.75) is 0 Å². The first-order chi connectivity index (χ1) is 9.22. The van der Waals surface area contributed by atoms with Crippen LogP contribution in [-0.4, -0.2) is 23.4 Å². The summed E-state index contributed by atoms with van der Waals surface area (Å²) in [6, 6.07) is 7.13. The van der Waals surface area contributed by atoms with Gasteiger partial charge in [0.2, 0.25) is 0 Å².